The van der Waals surface area contributed by atoms with E-state index in [1.165, 1.54) is 4.90 Å². The third-order valence-corrected chi connectivity index (χ3v) is 2.93. The van der Waals surface area contributed by atoms with Gasteiger partial charge in [-0.05, 0) is 12.8 Å². The Morgan fingerprint density at radius 3 is 2.78 bits per heavy atom. The third-order valence-electron chi connectivity index (χ3n) is 2.93. The van der Waals surface area contributed by atoms with Gasteiger partial charge in [-0.2, -0.15) is 4.39 Å². The van der Waals surface area contributed by atoms with Gasteiger partial charge in [-0.1, -0.05) is 0 Å². The maximum Gasteiger partial charge on any atom is 0.328 e. The summed E-state index contributed by atoms with van der Waals surface area (Å²) in [6, 6.07) is 1.42. The molecule has 0 saturated carbocycles. The molecular weight excluding hydrogens is 246 g/mol. The summed E-state index contributed by atoms with van der Waals surface area (Å²) in [5, 5.41) is 20.3. The first-order valence-corrected chi connectivity index (χ1v) is 5.55. The van der Waals surface area contributed by atoms with Crippen LogP contribution in [0.3, 0.4) is 0 Å². The Morgan fingerprint density at radius 2 is 2.17 bits per heavy atom. The number of benzene rings is 1. The average Bonchev–Trinajstić information content (AvgIpc) is 2.27. The molecule has 1 aromatic rings. The van der Waals surface area contributed by atoms with Crippen LogP contribution in [-0.4, -0.2) is 29.2 Å². The minimum absolute atomic E-state index is 0.115. The van der Waals surface area contributed by atoms with Crippen LogP contribution in [0, 0.1) is 21.7 Å². The van der Waals surface area contributed by atoms with Crippen LogP contribution in [0.15, 0.2) is 12.1 Å². The Kier molecular flexibility index (Phi) is 3.42. The zero-order chi connectivity index (χ0) is 13.3. The molecule has 2 rings (SSSR count). The van der Waals surface area contributed by atoms with Crippen LogP contribution in [0.1, 0.15) is 12.8 Å². The summed E-state index contributed by atoms with van der Waals surface area (Å²) in [5.74, 6) is -2.07. The van der Waals surface area contributed by atoms with Gasteiger partial charge in [0.2, 0.25) is 5.82 Å². The summed E-state index contributed by atoms with van der Waals surface area (Å²) in [5.41, 5.74) is -0.859. The van der Waals surface area contributed by atoms with E-state index in [-0.39, 0.29) is 12.2 Å². The van der Waals surface area contributed by atoms with Gasteiger partial charge in [-0.3, -0.25) is 10.1 Å². The molecule has 1 fully saturated rings. The number of aliphatic hydroxyl groups is 1. The van der Waals surface area contributed by atoms with E-state index in [0.29, 0.717) is 25.5 Å². The highest BCUT2D eigenvalue weighted by Crippen LogP contribution is 2.33. The number of nitro groups is 1. The van der Waals surface area contributed by atoms with E-state index in [0.717, 1.165) is 6.07 Å². The first-order valence-electron chi connectivity index (χ1n) is 5.55. The molecule has 1 aromatic carbocycles. The van der Waals surface area contributed by atoms with E-state index >= 15 is 0 Å². The molecule has 98 valence electrons. The smallest absolute Gasteiger partial charge is 0.328 e. The molecule has 0 bridgehead atoms. The third kappa shape index (κ3) is 2.40. The number of rotatable bonds is 2. The molecule has 0 unspecified atom stereocenters. The van der Waals surface area contributed by atoms with E-state index in [9.17, 15) is 24.0 Å². The van der Waals surface area contributed by atoms with Gasteiger partial charge in [-0.25, -0.2) is 4.39 Å². The van der Waals surface area contributed by atoms with Crippen LogP contribution in [0.2, 0.25) is 0 Å². The molecule has 0 amide bonds. The number of hydrogen-bond acceptors (Lipinski definition) is 4. The van der Waals surface area contributed by atoms with Crippen molar-refractivity contribution in [3.63, 3.8) is 0 Å². The molecule has 0 spiro atoms. The fourth-order valence-corrected chi connectivity index (χ4v) is 2.15. The van der Waals surface area contributed by atoms with Crippen molar-refractivity contribution in [3.8, 4) is 0 Å². The van der Waals surface area contributed by atoms with Gasteiger partial charge in [0, 0.05) is 25.2 Å². The number of hydrogen-bond donors (Lipinski definition) is 1. The second kappa shape index (κ2) is 4.85. The highest BCUT2D eigenvalue weighted by atomic mass is 19.1. The molecular formula is C11H12F2N2O3. The molecule has 18 heavy (non-hydrogen) atoms. The van der Waals surface area contributed by atoms with Gasteiger partial charge in [0.15, 0.2) is 0 Å². The lowest BCUT2D eigenvalue weighted by Crippen LogP contribution is -2.38. The number of aliphatic hydroxyl groups excluding tert-OH is 1. The molecule has 0 radical (unpaired) electrons. The van der Waals surface area contributed by atoms with E-state index < -0.39 is 28.3 Å². The highest BCUT2D eigenvalue weighted by Gasteiger charge is 2.28. The van der Waals surface area contributed by atoms with Crippen molar-refractivity contribution in [1.82, 2.24) is 0 Å². The summed E-state index contributed by atoms with van der Waals surface area (Å²) in [6.07, 6.45) is 0.572. The van der Waals surface area contributed by atoms with Crippen molar-refractivity contribution in [1.29, 1.82) is 0 Å². The molecule has 1 N–H and O–H groups in total. The maximum atomic E-state index is 13.4. The van der Waals surface area contributed by atoms with Crippen LogP contribution in [-0.2, 0) is 0 Å². The molecule has 1 atom stereocenters. The van der Waals surface area contributed by atoms with Crippen molar-refractivity contribution in [3.05, 3.63) is 33.9 Å². The van der Waals surface area contributed by atoms with Crippen molar-refractivity contribution in [2.45, 2.75) is 18.9 Å². The lowest BCUT2D eigenvalue weighted by Gasteiger charge is -2.31. The second-order valence-electron chi connectivity index (χ2n) is 4.25. The molecule has 1 aliphatic heterocycles. The molecule has 1 heterocycles. The van der Waals surface area contributed by atoms with Gasteiger partial charge in [0.25, 0.3) is 0 Å². The van der Waals surface area contributed by atoms with E-state index in [4.69, 9.17) is 0 Å². The van der Waals surface area contributed by atoms with Gasteiger partial charge >= 0.3 is 5.69 Å². The topological polar surface area (TPSA) is 66.6 Å². The molecule has 1 aliphatic rings. The SMILES string of the molecule is O=[N+]([O-])c1c(F)cc(F)cc1N1CCC[C@H](O)C1. The molecule has 1 saturated heterocycles. The van der Waals surface area contributed by atoms with Crippen LogP contribution < -0.4 is 4.90 Å². The Balaban J connectivity index is 2.44. The largest absolute Gasteiger partial charge is 0.391 e. The average molecular weight is 258 g/mol. The Hall–Kier alpha value is -1.76. The molecule has 0 aromatic heterocycles. The van der Waals surface area contributed by atoms with Gasteiger partial charge in [0.05, 0.1) is 11.0 Å². The zero-order valence-electron chi connectivity index (χ0n) is 9.47. The lowest BCUT2D eigenvalue weighted by molar-refractivity contribution is -0.386. The first-order chi connectivity index (χ1) is 8.49. The van der Waals surface area contributed by atoms with Gasteiger partial charge < -0.3 is 10.0 Å². The van der Waals surface area contributed by atoms with Crippen molar-refractivity contribution in [2.24, 2.45) is 0 Å². The van der Waals surface area contributed by atoms with Crippen molar-refractivity contribution >= 4 is 11.4 Å². The summed E-state index contributed by atoms with van der Waals surface area (Å²) >= 11 is 0. The van der Waals surface area contributed by atoms with E-state index in [1.54, 1.807) is 0 Å². The fraction of sp³-hybridized carbons (Fsp3) is 0.455. The number of nitro benzene ring substituents is 1. The normalized spacial score (nSPS) is 19.9. The molecule has 7 heteroatoms. The highest BCUT2D eigenvalue weighted by molar-refractivity contribution is 5.64. The van der Waals surface area contributed by atoms with Crippen LogP contribution >= 0.6 is 0 Å². The molecule has 5 nitrogen and oxygen atoms in total. The monoisotopic (exact) mass is 258 g/mol. The van der Waals surface area contributed by atoms with Crippen molar-refractivity contribution < 1.29 is 18.8 Å². The first kappa shape index (κ1) is 12.7. The van der Waals surface area contributed by atoms with Crippen molar-refractivity contribution in [2.75, 3.05) is 18.0 Å². The van der Waals surface area contributed by atoms with Gasteiger partial charge in [0.1, 0.15) is 11.5 Å². The second-order valence-corrected chi connectivity index (χ2v) is 4.25. The predicted octanol–water partition coefficient (Wildman–Crippen LogP) is 1.83. The van der Waals surface area contributed by atoms with E-state index in [1.807, 2.05) is 0 Å². The predicted molar refractivity (Wildman–Crippen MR) is 60.5 cm³/mol. The van der Waals surface area contributed by atoms with E-state index in [2.05, 4.69) is 0 Å². The number of halogens is 2. The summed E-state index contributed by atoms with van der Waals surface area (Å²) in [6.45, 7) is 0.574. The van der Waals surface area contributed by atoms with Gasteiger partial charge in [-0.15, -0.1) is 0 Å². The maximum absolute atomic E-state index is 13.4. The minimum atomic E-state index is -1.20. The number of piperidine rings is 1. The minimum Gasteiger partial charge on any atom is -0.391 e. The Labute approximate surface area is 102 Å². The Morgan fingerprint density at radius 1 is 1.44 bits per heavy atom. The number of β-amino-alcohol motifs (C(OH)–C–C–N with tert-alkyl or cyclic N) is 1. The van der Waals surface area contributed by atoms with Crippen LogP contribution in [0.4, 0.5) is 20.2 Å². The summed E-state index contributed by atoms with van der Waals surface area (Å²) in [7, 11) is 0. The lowest BCUT2D eigenvalue weighted by atomic mass is 10.1. The molecule has 0 aliphatic carbocycles. The van der Waals surface area contributed by atoms with Crippen LogP contribution in [0.25, 0.3) is 0 Å². The summed E-state index contributed by atoms with van der Waals surface area (Å²) in [4.78, 5) is 11.4. The number of anilines is 1. The van der Waals surface area contributed by atoms with Crippen LogP contribution in [0.5, 0.6) is 0 Å². The number of nitrogens with zero attached hydrogens (tertiary/aromatic N) is 2. The standard InChI is InChI=1S/C11H12F2N2O3/c12-7-4-9(13)11(15(17)18)10(5-7)14-3-1-2-8(16)6-14/h4-5,8,16H,1-3,6H2/t8-/m0/s1. The quantitative estimate of drug-likeness (QED) is 0.649. The summed E-state index contributed by atoms with van der Waals surface area (Å²) < 4.78 is 26.6. The fourth-order valence-electron chi connectivity index (χ4n) is 2.15. The zero-order valence-corrected chi connectivity index (χ0v) is 9.47. The Bertz CT molecular complexity index is 482.